The number of hydrogen-bond acceptors (Lipinski definition) is 5. The number of alkyl halides is 3. The fourth-order valence-corrected chi connectivity index (χ4v) is 4.42. The summed E-state index contributed by atoms with van der Waals surface area (Å²) in [5.74, 6) is 0.252. The van der Waals surface area contributed by atoms with Crippen LogP contribution in [0.2, 0.25) is 0 Å². The highest BCUT2D eigenvalue weighted by Gasteiger charge is 2.48. The minimum atomic E-state index is -4.51. The number of halogens is 3. The maximum Gasteiger partial charge on any atom is 0.416 e. The van der Waals surface area contributed by atoms with Crippen molar-refractivity contribution in [3.8, 4) is 17.0 Å². The summed E-state index contributed by atoms with van der Waals surface area (Å²) >= 11 is 0. The molecular formula is C21H22F3N3O2. The summed E-state index contributed by atoms with van der Waals surface area (Å²) in [6.45, 7) is 0.397. The zero-order valence-electron chi connectivity index (χ0n) is 15.9. The lowest BCUT2D eigenvalue weighted by Gasteiger charge is -2.29. The van der Waals surface area contributed by atoms with Gasteiger partial charge < -0.3 is 15.2 Å². The second-order valence-corrected chi connectivity index (χ2v) is 8.36. The average molecular weight is 405 g/mol. The van der Waals surface area contributed by atoms with E-state index in [2.05, 4.69) is 15.5 Å². The lowest BCUT2D eigenvalue weighted by Crippen LogP contribution is -2.28. The maximum atomic E-state index is 13.0. The number of benzene rings is 1. The number of aromatic nitrogens is 2. The number of phenolic OH excluding ortho intramolecular Hbond substituents is 1. The van der Waals surface area contributed by atoms with Crippen molar-refractivity contribution in [3.05, 3.63) is 34.9 Å². The van der Waals surface area contributed by atoms with Crippen LogP contribution >= 0.6 is 0 Å². The molecule has 0 atom stereocenters. The first-order chi connectivity index (χ1) is 13.8. The highest BCUT2D eigenvalue weighted by atomic mass is 19.4. The minimum absolute atomic E-state index is 0.197. The number of hydrogen-bond donors (Lipinski definition) is 2. The van der Waals surface area contributed by atoms with Gasteiger partial charge in [-0.1, -0.05) is 12.8 Å². The van der Waals surface area contributed by atoms with Crippen LogP contribution in [0.1, 0.15) is 55.2 Å². The molecule has 5 rings (SSSR count). The van der Waals surface area contributed by atoms with Crippen molar-refractivity contribution in [1.82, 2.24) is 10.2 Å². The van der Waals surface area contributed by atoms with Crippen molar-refractivity contribution >= 4 is 5.82 Å². The van der Waals surface area contributed by atoms with E-state index in [-0.39, 0.29) is 11.2 Å². The molecule has 0 unspecified atom stereocenters. The maximum absolute atomic E-state index is 13.0. The Morgan fingerprint density at radius 2 is 1.86 bits per heavy atom. The molecule has 1 spiro atoms. The smallest absolute Gasteiger partial charge is 0.416 e. The molecule has 2 fully saturated rings. The molecule has 5 nitrogen and oxygen atoms in total. The Bertz CT molecular complexity index is 951. The number of phenols is 1. The van der Waals surface area contributed by atoms with Gasteiger partial charge in [-0.3, -0.25) is 0 Å². The van der Waals surface area contributed by atoms with Crippen molar-refractivity contribution in [1.29, 1.82) is 0 Å². The third-order valence-electron chi connectivity index (χ3n) is 6.29. The van der Waals surface area contributed by atoms with Crippen LogP contribution in [0.5, 0.6) is 5.75 Å². The van der Waals surface area contributed by atoms with Crippen LogP contribution in [-0.4, -0.2) is 26.9 Å². The fourth-order valence-electron chi connectivity index (χ4n) is 4.42. The molecule has 2 aromatic rings. The Kier molecular flexibility index (Phi) is 4.24. The van der Waals surface area contributed by atoms with E-state index < -0.39 is 17.5 Å². The lowest BCUT2D eigenvalue weighted by atomic mass is 9.93. The van der Waals surface area contributed by atoms with Crippen molar-refractivity contribution in [2.24, 2.45) is 0 Å². The van der Waals surface area contributed by atoms with Crippen LogP contribution in [0.3, 0.4) is 0 Å². The summed E-state index contributed by atoms with van der Waals surface area (Å²) in [6.07, 6.45) is 2.58. The molecule has 2 N–H and O–H groups in total. The molecule has 154 valence electrons. The topological polar surface area (TPSA) is 67.3 Å². The molecular weight excluding hydrogens is 383 g/mol. The van der Waals surface area contributed by atoms with Gasteiger partial charge in [0, 0.05) is 23.6 Å². The van der Waals surface area contributed by atoms with Crippen LogP contribution in [-0.2, 0) is 23.9 Å². The summed E-state index contributed by atoms with van der Waals surface area (Å²) in [6, 6.07) is 3.36. The van der Waals surface area contributed by atoms with E-state index >= 15 is 0 Å². The molecule has 0 saturated heterocycles. The Balaban J connectivity index is 1.56. The van der Waals surface area contributed by atoms with Crippen LogP contribution < -0.4 is 5.32 Å². The molecule has 1 aliphatic heterocycles. The Morgan fingerprint density at radius 1 is 1.10 bits per heavy atom. The highest BCUT2D eigenvalue weighted by Crippen LogP contribution is 2.49. The summed E-state index contributed by atoms with van der Waals surface area (Å²) in [5.41, 5.74) is 1.45. The van der Waals surface area contributed by atoms with Crippen molar-refractivity contribution in [2.75, 3.05) is 5.32 Å². The predicted molar refractivity (Wildman–Crippen MR) is 100 cm³/mol. The van der Waals surface area contributed by atoms with Gasteiger partial charge in [-0.25, -0.2) is 0 Å². The molecule has 2 saturated carbocycles. The molecule has 0 amide bonds. The zero-order valence-corrected chi connectivity index (χ0v) is 15.9. The van der Waals surface area contributed by atoms with Crippen LogP contribution in [0.15, 0.2) is 18.2 Å². The van der Waals surface area contributed by atoms with Crippen LogP contribution in [0, 0.1) is 0 Å². The van der Waals surface area contributed by atoms with Gasteiger partial charge in [0.15, 0.2) is 5.82 Å². The van der Waals surface area contributed by atoms with Gasteiger partial charge in [0.2, 0.25) is 0 Å². The largest absolute Gasteiger partial charge is 0.507 e. The van der Waals surface area contributed by atoms with Crippen LogP contribution in [0.25, 0.3) is 11.3 Å². The lowest BCUT2D eigenvalue weighted by molar-refractivity contribution is -0.137. The number of ether oxygens (including phenoxy) is 1. The second kappa shape index (κ2) is 6.58. The standard InChI is InChI=1S/C21H22F3N3O2/c22-21(23,24)12-5-6-14(17(28)9-12)18-15-10-20(7-8-20)29-11-16(15)19(27-26-18)25-13-3-1-2-4-13/h5-6,9,13,28H,1-4,7-8,10-11H2,(H,25,27). The van der Waals surface area contributed by atoms with Gasteiger partial charge in [-0.15, -0.1) is 10.2 Å². The fraction of sp³-hybridized carbons (Fsp3) is 0.524. The number of anilines is 1. The van der Waals surface area contributed by atoms with Crippen molar-refractivity contribution < 1.29 is 23.0 Å². The van der Waals surface area contributed by atoms with Crippen LogP contribution in [0.4, 0.5) is 19.0 Å². The molecule has 1 aromatic carbocycles. The first-order valence-corrected chi connectivity index (χ1v) is 10.0. The molecule has 8 heteroatoms. The molecule has 2 aliphatic carbocycles. The summed E-state index contributed by atoms with van der Waals surface area (Å²) in [7, 11) is 0. The first kappa shape index (κ1) is 18.7. The quantitative estimate of drug-likeness (QED) is 0.766. The number of nitrogens with zero attached hydrogens (tertiary/aromatic N) is 2. The van der Waals surface area contributed by atoms with Gasteiger partial charge in [0.1, 0.15) is 11.4 Å². The minimum Gasteiger partial charge on any atom is -0.507 e. The predicted octanol–water partition coefficient (Wildman–Crippen LogP) is 4.83. The van der Waals surface area contributed by atoms with E-state index in [0.717, 1.165) is 48.9 Å². The third kappa shape index (κ3) is 3.43. The SMILES string of the molecule is Oc1cc(C(F)(F)F)ccc1-c1nnc(NC2CCCC2)c2c1CC1(CC1)OC2. The van der Waals surface area contributed by atoms with E-state index in [1.54, 1.807) is 0 Å². The number of aromatic hydroxyl groups is 1. The number of rotatable bonds is 3. The molecule has 3 aliphatic rings. The zero-order chi connectivity index (χ0) is 20.2. The monoisotopic (exact) mass is 405 g/mol. The molecule has 0 radical (unpaired) electrons. The van der Waals surface area contributed by atoms with E-state index in [1.165, 1.54) is 18.9 Å². The molecule has 0 bridgehead atoms. The van der Waals surface area contributed by atoms with E-state index in [4.69, 9.17) is 4.74 Å². The highest BCUT2D eigenvalue weighted by molar-refractivity contribution is 5.73. The van der Waals surface area contributed by atoms with Crippen molar-refractivity contribution in [3.63, 3.8) is 0 Å². The number of fused-ring (bicyclic) bond motifs is 1. The second-order valence-electron chi connectivity index (χ2n) is 8.36. The third-order valence-corrected chi connectivity index (χ3v) is 6.29. The van der Waals surface area contributed by atoms with E-state index in [9.17, 15) is 18.3 Å². The number of nitrogens with one attached hydrogen (secondary N) is 1. The van der Waals surface area contributed by atoms with Crippen molar-refractivity contribution in [2.45, 2.75) is 69.4 Å². The van der Waals surface area contributed by atoms with Gasteiger partial charge in [-0.05, 0) is 49.4 Å². The molecule has 29 heavy (non-hydrogen) atoms. The van der Waals surface area contributed by atoms with E-state index in [0.29, 0.717) is 30.6 Å². The molecule has 2 heterocycles. The Labute approximate surface area is 166 Å². The average Bonchev–Trinajstić information content (AvgIpc) is 3.21. The van der Waals surface area contributed by atoms with E-state index in [1.807, 2.05) is 0 Å². The normalized spacial score (nSPS) is 20.7. The first-order valence-electron chi connectivity index (χ1n) is 10.0. The van der Waals surface area contributed by atoms with Gasteiger partial charge in [0.25, 0.3) is 0 Å². The van der Waals surface area contributed by atoms with Gasteiger partial charge in [-0.2, -0.15) is 13.2 Å². The Hall–Kier alpha value is -2.35. The summed E-state index contributed by atoms with van der Waals surface area (Å²) in [5, 5.41) is 22.5. The summed E-state index contributed by atoms with van der Waals surface area (Å²) < 4.78 is 45.0. The Morgan fingerprint density at radius 3 is 2.52 bits per heavy atom. The van der Waals surface area contributed by atoms with Gasteiger partial charge >= 0.3 is 6.18 Å². The molecule has 1 aromatic heterocycles. The summed E-state index contributed by atoms with van der Waals surface area (Å²) in [4.78, 5) is 0. The van der Waals surface area contributed by atoms with Gasteiger partial charge in [0.05, 0.1) is 17.8 Å².